The van der Waals surface area contributed by atoms with Crippen LogP contribution in [0.2, 0.25) is 0 Å². The van der Waals surface area contributed by atoms with E-state index in [4.69, 9.17) is 0 Å². The summed E-state index contributed by atoms with van der Waals surface area (Å²) < 4.78 is 15.3. The van der Waals surface area contributed by atoms with Crippen molar-refractivity contribution in [2.24, 2.45) is 0 Å². The van der Waals surface area contributed by atoms with Gasteiger partial charge >= 0.3 is 5.69 Å². The molecule has 1 aromatic heterocycles. The highest BCUT2D eigenvalue weighted by molar-refractivity contribution is 9.09. The molecular weight excluding hydrogens is 319 g/mol. The second-order valence-electron chi connectivity index (χ2n) is 3.96. The normalized spacial score (nSPS) is 12.4. The maximum Gasteiger partial charge on any atom is 0.305 e. The largest absolute Gasteiger partial charge is 0.305 e. The lowest BCUT2D eigenvalue weighted by molar-refractivity contribution is -0.387. The number of benzene rings is 1. The Morgan fingerprint density at radius 1 is 1.58 bits per heavy atom. The molecule has 0 bridgehead atoms. The molecule has 0 aliphatic rings. The van der Waals surface area contributed by atoms with Crippen molar-refractivity contribution in [1.29, 1.82) is 0 Å². The lowest BCUT2D eigenvalue weighted by Crippen LogP contribution is -2.04. The third-order valence-corrected chi connectivity index (χ3v) is 3.02. The Balaban J connectivity index is 2.28. The lowest BCUT2D eigenvalue weighted by Gasteiger charge is -2.03. The Kier molecular flexibility index (Phi) is 3.89. The molecule has 8 heteroatoms. The lowest BCUT2D eigenvalue weighted by atomic mass is 10.2. The Labute approximate surface area is 116 Å². The van der Waals surface area contributed by atoms with E-state index >= 15 is 0 Å². The molecule has 0 aliphatic heterocycles. The van der Waals surface area contributed by atoms with E-state index in [1.807, 2.05) is 6.92 Å². The third-order valence-electron chi connectivity index (χ3n) is 2.55. The quantitative estimate of drug-likeness (QED) is 0.491. The fourth-order valence-corrected chi connectivity index (χ4v) is 1.79. The fraction of sp³-hybridized carbons (Fsp3) is 0.273. The topological polar surface area (TPSA) is 73.8 Å². The van der Waals surface area contributed by atoms with E-state index < -0.39 is 16.4 Å². The van der Waals surface area contributed by atoms with Crippen LogP contribution in [0.25, 0.3) is 0 Å². The molecule has 1 aromatic carbocycles. The van der Waals surface area contributed by atoms with Crippen LogP contribution in [0.4, 0.5) is 10.1 Å². The summed E-state index contributed by atoms with van der Waals surface area (Å²) in [6, 6.07) is 4.06. The minimum atomic E-state index is -0.837. The first-order valence-corrected chi connectivity index (χ1v) is 6.36. The zero-order valence-electron chi connectivity index (χ0n) is 9.96. The van der Waals surface area contributed by atoms with Crippen LogP contribution in [0.1, 0.15) is 23.0 Å². The van der Waals surface area contributed by atoms with E-state index in [9.17, 15) is 14.5 Å². The minimum Gasteiger partial charge on any atom is -0.258 e. The molecule has 1 atom stereocenters. The van der Waals surface area contributed by atoms with Gasteiger partial charge in [0.1, 0.15) is 0 Å². The van der Waals surface area contributed by atoms with Gasteiger partial charge in [0.2, 0.25) is 5.82 Å². The average molecular weight is 329 g/mol. The van der Waals surface area contributed by atoms with Crippen LogP contribution in [0.3, 0.4) is 0 Å². The first-order chi connectivity index (χ1) is 8.99. The van der Waals surface area contributed by atoms with E-state index in [1.165, 1.54) is 16.8 Å². The van der Waals surface area contributed by atoms with Crippen molar-refractivity contribution in [3.05, 3.63) is 51.6 Å². The molecule has 0 amide bonds. The van der Waals surface area contributed by atoms with Crippen molar-refractivity contribution in [3.8, 4) is 0 Å². The van der Waals surface area contributed by atoms with Gasteiger partial charge in [-0.2, -0.15) is 4.39 Å². The van der Waals surface area contributed by atoms with E-state index in [-0.39, 0.29) is 16.9 Å². The molecule has 19 heavy (non-hydrogen) atoms. The molecule has 0 saturated carbocycles. The van der Waals surface area contributed by atoms with Crippen molar-refractivity contribution in [2.75, 3.05) is 0 Å². The van der Waals surface area contributed by atoms with Gasteiger partial charge < -0.3 is 0 Å². The monoisotopic (exact) mass is 328 g/mol. The van der Waals surface area contributed by atoms with Crippen molar-refractivity contribution in [3.63, 3.8) is 0 Å². The second kappa shape index (κ2) is 5.43. The molecule has 0 saturated heterocycles. The van der Waals surface area contributed by atoms with Crippen LogP contribution in [-0.2, 0) is 6.54 Å². The summed E-state index contributed by atoms with van der Waals surface area (Å²) in [4.78, 5) is 9.94. The molecule has 1 unspecified atom stereocenters. The molecule has 2 rings (SSSR count). The number of alkyl halides is 1. The van der Waals surface area contributed by atoms with Gasteiger partial charge in [-0.1, -0.05) is 33.3 Å². The van der Waals surface area contributed by atoms with E-state index in [2.05, 4.69) is 26.2 Å². The summed E-state index contributed by atoms with van der Waals surface area (Å²) in [5.74, 6) is -0.837. The van der Waals surface area contributed by atoms with Crippen LogP contribution < -0.4 is 0 Å². The first kappa shape index (κ1) is 13.6. The van der Waals surface area contributed by atoms with E-state index in [0.29, 0.717) is 5.69 Å². The van der Waals surface area contributed by atoms with Gasteiger partial charge in [0, 0.05) is 17.8 Å². The Morgan fingerprint density at radius 3 is 2.89 bits per heavy atom. The number of hydrogen-bond acceptors (Lipinski definition) is 4. The van der Waals surface area contributed by atoms with Gasteiger partial charge in [-0.3, -0.25) is 10.1 Å². The number of halogens is 2. The van der Waals surface area contributed by atoms with Crippen molar-refractivity contribution in [2.45, 2.75) is 18.3 Å². The Morgan fingerprint density at radius 2 is 2.32 bits per heavy atom. The molecular formula is C11H10BrFN4O2. The summed E-state index contributed by atoms with van der Waals surface area (Å²) in [7, 11) is 0. The van der Waals surface area contributed by atoms with Crippen LogP contribution >= 0.6 is 15.9 Å². The maximum atomic E-state index is 13.9. The Hall–Kier alpha value is -1.83. The number of aromatic nitrogens is 3. The molecule has 2 aromatic rings. The standard InChI is InChI=1S/C11H10BrFN4O2/c1-7(12)9-6-16(15-14-9)5-8-3-2-4-10(11(8)13)17(18)19/h2-4,6-7H,5H2,1H3. The second-order valence-corrected chi connectivity index (χ2v) is 5.34. The van der Waals surface area contributed by atoms with Crippen molar-refractivity contribution >= 4 is 21.6 Å². The highest BCUT2D eigenvalue weighted by Gasteiger charge is 2.17. The smallest absolute Gasteiger partial charge is 0.258 e. The number of rotatable bonds is 4. The van der Waals surface area contributed by atoms with Gasteiger partial charge in [-0.25, -0.2) is 4.68 Å². The van der Waals surface area contributed by atoms with Crippen LogP contribution in [0.15, 0.2) is 24.4 Å². The fourth-order valence-electron chi connectivity index (χ4n) is 1.58. The molecule has 0 radical (unpaired) electrons. The van der Waals surface area contributed by atoms with Gasteiger partial charge in [0.15, 0.2) is 0 Å². The molecule has 0 fully saturated rings. The minimum absolute atomic E-state index is 0.0382. The maximum absolute atomic E-state index is 13.9. The van der Waals surface area contributed by atoms with Gasteiger partial charge in [0.25, 0.3) is 0 Å². The summed E-state index contributed by atoms with van der Waals surface area (Å²) in [6.07, 6.45) is 1.66. The van der Waals surface area contributed by atoms with Crippen molar-refractivity contribution < 1.29 is 9.31 Å². The van der Waals surface area contributed by atoms with Crippen molar-refractivity contribution in [1.82, 2.24) is 15.0 Å². The summed E-state index contributed by atoms with van der Waals surface area (Å²) >= 11 is 3.35. The predicted molar refractivity (Wildman–Crippen MR) is 69.5 cm³/mol. The third kappa shape index (κ3) is 2.95. The van der Waals surface area contributed by atoms with Gasteiger partial charge in [-0.05, 0) is 6.92 Å². The average Bonchev–Trinajstić information content (AvgIpc) is 2.80. The van der Waals surface area contributed by atoms with Crippen LogP contribution in [-0.4, -0.2) is 19.9 Å². The van der Waals surface area contributed by atoms with Gasteiger partial charge in [0.05, 0.1) is 22.0 Å². The van der Waals surface area contributed by atoms with Gasteiger partial charge in [-0.15, -0.1) is 5.10 Å². The number of hydrogen-bond donors (Lipinski definition) is 0. The zero-order chi connectivity index (χ0) is 14.0. The molecule has 6 nitrogen and oxygen atoms in total. The summed E-state index contributed by atoms with van der Waals surface area (Å²) in [6.45, 7) is 1.99. The summed E-state index contributed by atoms with van der Waals surface area (Å²) in [5.41, 5.74) is 0.380. The number of nitrogens with zero attached hydrogens (tertiary/aromatic N) is 4. The molecule has 1 heterocycles. The molecule has 0 aliphatic carbocycles. The van der Waals surface area contributed by atoms with E-state index in [0.717, 1.165) is 6.07 Å². The molecule has 100 valence electrons. The van der Waals surface area contributed by atoms with Crippen LogP contribution in [0.5, 0.6) is 0 Å². The summed E-state index contributed by atoms with van der Waals surface area (Å²) in [5, 5.41) is 18.4. The zero-order valence-corrected chi connectivity index (χ0v) is 11.5. The SMILES string of the molecule is CC(Br)c1cn(Cc2cccc([N+](=O)[O-])c2F)nn1. The molecule has 0 spiro atoms. The first-order valence-electron chi connectivity index (χ1n) is 5.45. The predicted octanol–water partition coefficient (Wildman–Crippen LogP) is 2.83. The Bertz CT molecular complexity index is 614. The van der Waals surface area contributed by atoms with Crippen LogP contribution in [0, 0.1) is 15.9 Å². The molecule has 0 N–H and O–H groups in total. The highest BCUT2D eigenvalue weighted by atomic mass is 79.9. The number of nitro benzene ring substituents is 1. The number of nitro groups is 1. The van der Waals surface area contributed by atoms with E-state index in [1.54, 1.807) is 6.20 Å². The highest BCUT2D eigenvalue weighted by Crippen LogP contribution is 2.22.